The Morgan fingerprint density at radius 1 is 0.845 bits per heavy atom. The lowest BCUT2D eigenvalue weighted by Crippen LogP contribution is -2.33. The minimum Gasteiger partial charge on any atom is -0.780 e. The lowest BCUT2D eigenvalue weighted by Gasteiger charge is -2.28. The van der Waals surface area contributed by atoms with Crippen LogP contribution < -0.4 is 20.5 Å². The van der Waals surface area contributed by atoms with Gasteiger partial charge in [0, 0.05) is 75.0 Å². The molecule has 16 nitrogen and oxygen atoms in total. The van der Waals surface area contributed by atoms with Crippen LogP contribution in [0.5, 0.6) is 11.5 Å². The molecular weight excluding hydrogens is 944 g/mol. The maximum Gasteiger partial charge on any atom is 0.253 e. The monoisotopic (exact) mass is 1010 g/mol. The molecule has 4 aromatic carbocycles. The van der Waals surface area contributed by atoms with Crippen molar-refractivity contribution in [3.8, 4) is 45.3 Å². The van der Waals surface area contributed by atoms with Crippen molar-refractivity contribution in [3.05, 3.63) is 112 Å². The number of rotatable bonds is 25. The zero-order chi connectivity index (χ0) is 50.3. The molecule has 3 N–H and O–H groups in total. The number of anilines is 1. The minimum absolute atomic E-state index is 0.0534. The first-order valence-electron chi connectivity index (χ1n) is 24.4. The zero-order valence-electron chi connectivity index (χ0n) is 40.3. The Kier molecular flexibility index (Phi) is 18.7. The van der Waals surface area contributed by atoms with E-state index in [1.54, 1.807) is 41.1 Å². The molecule has 7 rings (SSSR count). The van der Waals surface area contributed by atoms with E-state index in [0.29, 0.717) is 43.7 Å². The molecule has 0 aliphatic carbocycles. The van der Waals surface area contributed by atoms with Gasteiger partial charge in [0.1, 0.15) is 18.2 Å². The Hall–Kier alpha value is -6.23. The molecule has 376 valence electrons. The van der Waals surface area contributed by atoms with Crippen molar-refractivity contribution in [2.75, 3.05) is 38.8 Å². The fraction of sp³-hybridized carbons (Fsp3) is 0.396. The van der Waals surface area contributed by atoms with Gasteiger partial charge in [0.15, 0.2) is 16.8 Å². The van der Waals surface area contributed by atoms with Crippen molar-refractivity contribution >= 4 is 52.9 Å². The van der Waals surface area contributed by atoms with E-state index in [0.717, 1.165) is 104 Å². The number of carbonyl (C=O) groups excluding carboxylic acids is 3. The Morgan fingerprint density at radius 2 is 1.52 bits per heavy atom. The highest BCUT2D eigenvalue weighted by Crippen LogP contribution is 2.42. The van der Waals surface area contributed by atoms with Crippen molar-refractivity contribution < 1.29 is 43.0 Å². The first kappa shape index (κ1) is 52.6. The van der Waals surface area contributed by atoms with Crippen LogP contribution in [0.1, 0.15) is 106 Å². The first-order chi connectivity index (χ1) is 34.3. The van der Waals surface area contributed by atoms with Crippen molar-refractivity contribution in [2.45, 2.75) is 103 Å². The summed E-state index contributed by atoms with van der Waals surface area (Å²) >= 11 is 4.72. The summed E-state index contributed by atoms with van der Waals surface area (Å²) in [5.41, 5.74) is 5.76. The number of phenolic OH excluding ortho intramolecular Hbond substituents is 2. The highest BCUT2D eigenvalue weighted by molar-refractivity contribution is 8.06. The number of benzene rings is 4. The molecule has 1 atom stereocenters. The number of unbranched alkanes of at least 4 members (excludes halogenated alkanes) is 10. The average Bonchev–Trinajstić information content (AvgIpc) is 3.79. The fourth-order valence-electron chi connectivity index (χ4n) is 8.78. The first-order valence-corrected chi connectivity index (χ1v) is 26.9. The van der Waals surface area contributed by atoms with Gasteiger partial charge in [-0.05, 0) is 61.6 Å². The molecule has 0 saturated heterocycles. The molecule has 0 saturated carbocycles. The lowest BCUT2D eigenvalue weighted by atomic mass is 9.95. The van der Waals surface area contributed by atoms with Crippen LogP contribution in [0.15, 0.2) is 100 Å². The van der Waals surface area contributed by atoms with Crippen LogP contribution >= 0.6 is 6.72 Å². The van der Waals surface area contributed by atoms with Gasteiger partial charge in [-0.25, -0.2) is 4.68 Å². The molecule has 3 heterocycles. The van der Waals surface area contributed by atoms with Crippen LogP contribution in [0.25, 0.3) is 44.8 Å². The highest BCUT2D eigenvalue weighted by Gasteiger charge is 2.29. The van der Waals surface area contributed by atoms with Crippen LogP contribution in [-0.2, 0) is 43.5 Å². The summed E-state index contributed by atoms with van der Waals surface area (Å²) in [5.74, 6) is -1.10. The number of fused-ring (bicyclic) bond motifs is 6. The Morgan fingerprint density at radius 3 is 2.28 bits per heavy atom. The predicted octanol–water partition coefficient (Wildman–Crippen LogP) is 9.24. The standard InChI is InChI=1S/C53H63N6O10PS/c1-57(53(65)38-25-23-37(24-26-38)46-35-45(61)42-27-28-44(60)51(64)52(42)69-46)32-16-8-5-3-4-6-9-17-33-59-50-40-20-12-11-19-39(40)36-58(43-22-14-13-21-41(43)49(50)55-56-59)48(63)30-29-47(62)54-31-15-7-10-18-34-68-70(66,71)67-2/h11-14,19-28,35,60,64H,3-10,15-18,29-34,36H2,1-2H3,(H,54,62)(H,66,71)/p-1. The van der Waals surface area contributed by atoms with Gasteiger partial charge < -0.3 is 43.7 Å². The van der Waals surface area contributed by atoms with Crippen LogP contribution in [0, 0.1) is 0 Å². The van der Waals surface area contributed by atoms with E-state index in [4.69, 9.17) is 25.8 Å². The molecule has 18 heteroatoms. The number of nitrogens with one attached hydrogen (secondary N) is 1. The average molecular weight is 1010 g/mol. The predicted molar refractivity (Wildman–Crippen MR) is 275 cm³/mol. The highest BCUT2D eigenvalue weighted by atomic mass is 32.5. The summed E-state index contributed by atoms with van der Waals surface area (Å²) in [6.45, 7) is -0.944. The molecule has 0 fully saturated rings. The van der Waals surface area contributed by atoms with Gasteiger partial charge in [-0.15, -0.1) is 5.10 Å². The summed E-state index contributed by atoms with van der Waals surface area (Å²) in [6, 6.07) is 26.5. The Labute approximate surface area is 418 Å². The van der Waals surface area contributed by atoms with Gasteiger partial charge in [0.25, 0.3) is 5.91 Å². The number of amides is 3. The lowest BCUT2D eigenvalue weighted by molar-refractivity contribution is -0.204. The summed E-state index contributed by atoms with van der Waals surface area (Å²) in [7, 11) is 3.06. The molecule has 3 amide bonds. The van der Waals surface area contributed by atoms with E-state index in [2.05, 4.69) is 21.1 Å². The Bertz CT molecular complexity index is 2910. The largest absolute Gasteiger partial charge is 0.780 e. The van der Waals surface area contributed by atoms with Crippen molar-refractivity contribution in [1.29, 1.82) is 0 Å². The molecule has 1 unspecified atom stereocenters. The molecule has 0 radical (unpaired) electrons. The second-order valence-electron chi connectivity index (χ2n) is 17.8. The smallest absolute Gasteiger partial charge is 0.253 e. The van der Waals surface area contributed by atoms with Gasteiger partial charge in [0.05, 0.1) is 29.9 Å². The van der Waals surface area contributed by atoms with Crippen molar-refractivity contribution in [3.63, 3.8) is 0 Å². The van der Waals surface area contributed by atoms with Crippen LogP contribution in [-0.4, -0.2) is 81.7 Å². The molecule has 6 aromatic rings. The SMILES string of the molecule is COP([O-])(=S)OCCCCCCNC(=O)CCC(=O)N1Cc2ccccc2-c2c(nnn2CCCCCCCCCCN(C)C(=O)c2ccc(-c3cc(=O)c4ccc(O)c(O)c4o3)cc2)-c2ccccc21. The van der Waals surface area contributed by atoms with Gasteiger partial charge >= 0.3 is 0 Å². The summed E-state index contributed by atoms with van der Waals surface area (Å²) in [5, 5.41) is 32.5. The van der Waals surface area contributed by atoms with Gasteiger partial charge in [-0.3, -0.25) is 19.2 Å². The maximum atomic E-state index is 13.9. The van der Waals surface area contributed by atoms with Crippen LogP contribution in [0.2, 0.25) is 0 Å². The molecule has 0 spiro atoms. The van der Waals surface area contributed by atoms with Gasteiger partial charge in [0.2, 0.25) is 17.6 Å². The number of aromatic hydroxyl groups is 2. The second-order valence-corrected chi connectivity index (χ2v) is 20.7. The number of nitrogens with zero attached hydrogens (tertiary/aromatic N) is 5. The topological polar surface area (TPSA) is 213 Å². The number of hydrogen-bond donors (Lipinski definition) is 3. The third kappa shape index (κ3) is 13.8. The quantitative estimate of drug-likeness (QED) is 0.0278. The second kappa shape index (κ2) is 25.2. The number of para-hydroxylation sites is 1. The van der Waals surface area contributed by atoms with E-state index >= 15 is 0 Å². The molecule has 2 aromatic heterocycles. The third-order valence-electron chi connectivity index (χ3n) is 12.7. The molecule has 0 bridgehead atoms. The maximum absolute atomic E-state index is 13.9. The number of aryl methyl sites for hydroxylation is 1. The van der Waals surface area contributed by atoms with Gasteiger partial charge in [-0.1, -0.05) is 123 Å². The molecule has 71 heavy (non-hydrogen) atoms. The van der Waals surface area contributed by atoms with Gasteiger partial charge in [-0.2, -0.15) is 0 Å². The van der Waals surface area contributed by atoms with E-state index < -0.39 is 12.5 Å². The summed E-state index contributed by atoms with van der Waals surface area (Å²) in [4.78, 5) is 67.7. The Balaban J connectivity index is 0.828. The van der Waals surface area contributed by atoms with Crippen molar-refractivity contribution in [1.82, 2.24) is 25.2 Å². The third-order valence-corrected chi connectivity index (χ3v) is 14.5. The number of hydrogen-bond acceptors (Lipinski definition) is 13. The van der Waals surface area contributed by atoms with Crippen molar-refractivity contribution in [2.24, 2.45) is 0 Å². The fourth-order valence-corrected chi connectivity index (χ4v) is 9.46. The normalized spacial score (nSPS) is 12.9. The summed E-state index contributed by atoms with van der Waals surface area (Å²) < 4.78 is 17.5. The van der Waals surface area contributed by atoms with Crippen LogP contribution in [0.3, 0.4) is 0 Å². The minimum atomic E-state index is -3.38. The molecule has 1 aliphatic rings. The number of phenols is 2. The van der Waals surface area contributed by atoms with Crippen LogP contribution in [0.4, 0.5) is 5.69 Å². The molecular formula is C53H62N6O10PS-. The number of carbonyl (C=O) groups is 3. The van der Waals surface area contributed by atoms with E-state index in [1.807, 2.05) is 47.1 Å². The van der Waals surface area contributed by atoms with E-state index in [-0.39, 0.29) is 65.1 Å². The molecule has 1 aliphatic heterocycles. The zero-order valence-corrected chi connectivity index (χ0v) is 42.1. The van der Waals surface area contributed by atoms with E-state index in [9.17, 15) is 34.3 Å². The summed E-state index contributed by atoms with van der Waals surface area (Å²) in [6.07, 6.45) is 11.6. The van der Waals surface area contributed by atoms with E-state index in [1.165, 1.54) is 25.3 Å². The number of aromatic nitrogens is 3.